The first-order valence-corrected chi connectivity index (χ1v) is 4.76. The summed E-state index contributed by atoms with van der Waals surface area (Å²) in [7, 11) is 1.43. The van der Waals surface area contributed by atoms with E-state index in [4.69, 9.17) is 10.5 Å². The lowest BCUT2D eigenvalue weighted by Gasteiger charge is -2.04. The average Bonchev–Trinajstić information content (AvgIpc) is 2.77. The van der Waals surface area contributed by atoms with E-state index in [1.165, 1.54) is 25.3 Å². The van der Waals surface area contributed by atoms with Gasteiger partial charge >= 0.3 is 6.18 Å². The Morgan fingerprint density at radius 2 is 2.06 bits per heavy atom. The van der Waals surface area contributed by atoms with Crippen molar-refractivity contribution in [2.75, 3.05) is 12.8 Å². The van der Waals surface area contributed by atoms with Gasteiger partial charge in [0.05, 0.1) is 12.8 Å². The van der Waals surface area contributed by atoms with Crippen molar-refractivity contribution >= 4 is 5.69 Å². The molecule has 1 heterocycles. The number of hydrogen-bond acceptors (Lipinski definition) is 5. The summed E-state index contributed by atoms with van der Waals surface area (Å²) in [6.45, 7) is 0. The van der Waals surface area contributed by atoms with Crippen LogP contribution in [0.25, 0.3) is 11.5 Å². The summed E-state index contributed by atoms with van der Waals surface area (Å²) < 4.78 is 46.3. The van der Waals surface area contributed by atoms with Gasteiger partial charge in [0, 0.05) is 5.56 Å². The van der Waals surface area contributed by atoms with E-state index < -0.39 is 12.0 Å². The lowest BCUT2D eigenvalue weighted by molar-refractivity contribution is -0.146. The Balaban J connectivity index is 2.38. The maximum Gasteiger partial charge on any atom is 0.455 e. The molecular weight excluding hydrogens is 251 g/mol. The molecule has 0 fully saturated rings. The normalized spacial score (nSPS) is 11.6. The Hall–Kier alpha value is -2.25. The molecule has 0 spiro atoms. The van der Waals surface area contributed by atoms with Crippen LogP contribution in [0, 0.1) is 0 Å². The van der Waals surface area contributed by atoms with Crippen LogP contribution in [0.1, 0.15) is 5.82 Å². The smallest absolute Gasteiger partial charge is 0.455 e. The number of nitrogens with zero attached hydrogens (tertiary/aromatic N) is 2. The third kappa shape index (κ3) is 2.22. The summed E-state index contributed by atoms with van der Waals surface area (Å²) in [4.78, 5) is 3.25. The highest BCUT2D eigenvalue weighted by Crippen LogP contribution is 2.31. The second kappa shape index (κ2) is 4.21. The summed E-state index contributed by atoms with van der Waals surface area (Å²) in [6.07, 6.45) is -4.64. The molecule has 2 N–H and O–H groups in total. The number of nitrogen functional groups attached to an aromatic ring is 1. The van der Waals surface area contributed by atoms with Crippen molar-refractivity contribution in [1.29, 1.82) is 0 Å². The average molecular weight is 259 g/mol. The van der Waals surface area contributed by atoms with E-state index in [1.807, 2.05) is 0 Å². The van der Waals surface area contributed by atoms with E-state index in [0.717, 1.165) is 0 Å². The molecule has 0 unspecified atom stereocenters. The SMILES string of the molecule is COc1ccc(-c2nc(C(F)(F)F)no2)cc1N. The first kappa shape index (κ1) is 12.2. The van der Waals surface area contributed by atoms with Gasteiger partial charge in [-0.05, 0) is 18.2 Å². The molecule has 8 heteroatoms. The first-order chi connectivity index (χ1) is 8.41. The van der Waals surface area contributed by atoms with E-state index in [0.29, 0.717) is 5.75 Å². The molecule has 96 valence electrons. The highest BCUT2D eigenvalue weighted by Gasteiger charge is 2.37. The minimum absolute atomic E-state index is 0.253. The first-order valence-electron chi connectivity index (χ1n) is 4.76. The summed E-state index contributed by atoms with van der Waals surface area (Å²) in [5.41, 5.74) is 6.18. The monoisotopic (exact) mass is 259 g/mol. The van der Waals surface area contributed by atoms with Crippen molar-refractivity contribution in [3.05, 3.63) is 24.0 Å². The fraction of sp³-hybridized carbons (Fsp3) is 0.200. The van der Waals surface area contributed by atoms with E-state index in [-0.39, 0.29) is 17.1 Å². The van der Waals surface area contributed by atoms with Crippen LogP contribution in [-0.4, -0.2) is 17.3 Å². The second-order valence-corrected chi connectivity index (χ2v) is 3.38. The Morgan fingerprint density at radius 3 is 2.56 bits per heavy atom. The minimum Gasteiger partial charge on any atom is -0.495 e. The Bertz CT molecular complexity index is 566. The van der Waals surface area contributed by atoms with Crippen LogP contribution in [0.2, 0.25) is 0 Å². The molecule has 0 saturated carbocycles. The third-order valence-electron chi connectivity index (χ3n) is 2.16. The number of rotatable bonds is 2. The lowest BCUT2D eigenvalue weighted by atomic mass is 10.2. The van der Waals surface area contributed by atoms with E-state index in [2.05, 4.69) is 14.7 Å². The van der Waals surface area contributed by atoms with Crippen LogP contribution in [-0.2, 0) is 6.18 Å². The highest BCUT2D eigenvalue weighted by atomic mass is 19.4. The number of halogens is 3. The Kier molecular flexibility index (Phi) is 2.85. The van der Waals surface area contributed by atoms with Crippen molar-refractivity contribution in [2.24, 2.45) is 0 Å². The molecule has 18 heavy (non-hydrogen) atoms. The van der Waals surface area contributed by atoms with Gasteiger partial charge in [-0.3, -0.25) is 0 Å². The lowest BCUT2D eigenvalue weighted by Crippen LogP contribution is -2.07. The Morgan fingerprint density at radius 1 is 1.33 bits per heavy atom. The number of ether oxygens (including phenoxy) is 1. The minimum atomic E-state index is -4.64. The number of aromatic nitrogens is 2. The molecule has 0 aliphatic heterocycles. The molecule has 5 nitrogen and oxygen atoms in total. The predicted octanol–water partition coefficient (Wildman–Crippen LogP) is 2.35. The van der Waals surface area contributed by atoms with Crippen LogP contribution >= 0.6 is 0 Å². The van der Waals surface area contributed by atoms with Gasteiger partial charge in [0.15, 0.2) is 0 Å². The van der Waals surface area contributed by atoms with Gasteiger partial charge in [-0.25, -0.2) is 0 Å². The van der Waals surface area contributed by atoms with Gasteiger partial charge < -0.3 is 15.0 Å². The molecule has 0 saturated heterocycles. The zero-order chi connectivity index (χ0) is 13.3. The molecule has 1 aromatic heterocycles. The van der Waals surface area contributed by atoms with Crippen LogP contribution in [0.4, 0.5) is 18.9 Å². The third-order valence-corrected chi connectivity index (χ3v) is 2.16. The number of methoxy groups -OCH3 is 1. The topological polar surface area (TPSA) is 74.2 Å². The molecule has 0 bridgehead atoms. The molecule has 2 aromatic rings. The second-order valence-electron chi connectivity index (χ2n) is 3.38. The van der Waals surface area contributed by atoms with Gasteiger partial charge in [0.25, 0.3) is 11.7 Å². The maximum absolute atomic E-state index is 12.3. The van der Waals surface area contributed by atoms with E-state index >= 15 is 0 Å². The van der Waals surface area contributed by atoms with Crippen LogP contribution < -0.4 is 10.5 Å². The fourth-order valence-corrected chi connectivity index (χ4v) is 1.32. The molecule has 0 amide bonds. The van der Waals surface area contributed by atoms with E-state index in [9.17, 15) is 13.2 Å². The van der Waals surface area contributed by atoms with Gasteiger partial charge in [-0.15, -0.1) is 0 Å². The van der Waals surface area contributed by atoms with Crippen molar-refractivity contribution < 1.29 is 22.4 Å². The molecule has 2 rings (SSSR count). The number of hydrogen-bond donors (Lipinski definition) is 1. The molecule has 0 aliphatic carbocycles. The quantitative estimate of drug-likeness (QED) is 0.838. The van der Waals surface area contributed by atoms with Crippen molar-refractivity contribution in [3.8, 4) is 17.2 Å². The maximum atomic E-state index is 12.3. The van der Waals surface area contributed by atoms with Crippen molar-refractivity contribution in [1.82, 2.24) is 10.1 Å². The van der Waals surface area contributed by atoms with E-state index in [1.54, 1.807) is 0 Å². The molecule has 0 radical (unpaired) electrons. The number of anilines is 1. The van der Waals surface area contributed by atoms with Gasteiger partial charge in [0.2, 0.25) is 0 Å². The standard InChI is InChI=1S/C10H8F3N3O2/c1-17-7-3-2-5(4-6(7)14)8-15-9(16-18-8)10(11,12)13/h2-4H,14H2,1H3. The van der Waals surface area contributed by atoms with Gasteiger partial charge in [-0.1, -0.05) is 5.16 Å². The fourth-order valence-electron chi connectivity index (χ4n) is 1.32. The summed E-state index contributed by atoms with van der Waals surface area (Å²) >= 11 is 0. The zero-order valence-corrected chi connectivity index (χ0v) is 9.15. The van der Waals surface area contributed by atoms with Crippen LogP contribution in [0.5, 0.6) is 5.75 Å². The number of nitrogens with two attached hydrogens (primary N) is 1. The van der Waals surface area contributed by atoms with Gasteiger partial charge in [-0.2, -0.15) is 18.2 Å². The number of alkyl halides is 3. The molecule has 0 atom stereocenters. The van der Waals surface area contributed by atoms with Crippen molar-refractivity contribution in [2.45, 2.75) is 6.18 Å². The summed E-state index contributed by atoms with van der Waals surface area (Å²) in [6, 6.07) is 4.37. The van der Waals surface area contributed by atoms with Crippen LogP contribution in [0.3, 0.4) is 0 Å². The van der Waals surface area contributed by atoms with Crippen molar-refractivity contribution in [3.63, 3.8) is 0 Å². The Labute approximate surface area is 99.4 Å². The summed E-state index contributed by atoms with van der Waals surface area (Å²) in [5, 5.41) is 2.85. The molecule has 0 aliphatic rings. The summed E-state index contributed by atoms with van der Waals surface area (Å²) in [5.74, 6) is -1.17. The van der Waals surface area contributed by atoms with Crippen LogP contribution in [0.15, 0.2) is 22.7 Å². The largest absolute Gasteiger partial charge is 0.495 e. The molecule has 1 aromatic carbocycles. The number of benzene rings is 1. The highest BCUT2D eigenvalue weighted by molar-refractivity contribution is 5.65. The molecular formula is C10H8F3N3O2. The van der Waals surface area contributed by atoms with Gasteiger partial charge in [0.1, 0.15) is 5.75 Å². The predicted molar refractivity (Wildman–Crippen MR) is 55.7 cm³/mol. The zero-order valence-electron chi connectivity index (χ0n) is 9.15.